The molecule has 3 nitrogen and oxygen atoms in total. The minimum atomic E-state index is 0.373. The number of nitrogens with one attached hydrogen (secondary N) is 1. The molecule has 2 saturated heterocycles. The summed E-state index contributed by atoms with van der Waals surface area (Å²) in [6.45, 7) is 4.30. The molecule has 3 heteroatoms. The molecule has 1 amide bonds. The van der Waals surface area contributed by atoms with Crippen molar-refractivity contribution in [3.8, 4) is 0 Å². The Morgan fingerprint density at radius 1 is 1.36 bits per heavy atom. The van der Waals surface area contributed by atoms with Crippen molar-refractivity contribution in [2.75, 3.05) is 13.1 Å². The van der Waals surface area contributed by atoms with Crippen molar-refractivity contribution in [1.29, 1.82) is 0 Å². The highest BCUT2D eigenvalue weighted by molar-refractivity contribution is 5.77. The quantitative estimate of drug-likeness (QED) is 0.682. The lowest BCUT2D eigenvalue weighted by Gasteiger charge is -2.41. The van der Waals surface area contributed by atoms with E-state index in [1.54, 1.807) is 0 Å². The second-order valence-corrected chi connectivity index (χ2v) is 4.54. The Balaban J connectivity index is 2.01. The first-order valence-corrected chi connectivity index (χ1v) is 5.81. The van der Waals surface area contributed by atoms with Gasteiger partial charge in [0.05, 0.1) is 0 Å². The summed E-state index contributed by atoms with van der Waals surface area (Å²) in [7, 11) is 0. The van der Waals surface area contributed by atoms with E-state index in [4.69, 9.17) is 0 Å². The van der Waals surface area contributed by atoms with Gasteiger partial charge in [-0.3, -0.25) is 4.79 Å². The zero-order chi connectivity index (χ0) is 9.97. The number of amides is 1. The molecule has 80 valence electrons. The number of carbonyl (C=O) groups is 1. The highest BCUT2D eigenvalue weighted by atomic mass is 16.2. The zero-order valence-electron chi connectivity index (χ0n) is 8.96. The van der Waals surface area contributed by atoms with E-state index in [9.17, 15) is 4.79 Å². The summed E-state index contributed by atoms with van der Waals surface area (Å²) in [5, 5.41) is 3.38. The maximum Gasteiger partial charge on any atom is 0.223 e. The predicted molar refractivity (Wildman–Crippen MR) is 56.1 cm³/mol. The van der Waals surface area contributed by atoms with Crippen LogP contribution in [0, 0.1) is 0 Å². The fourth-order valence-electron chi connectivity index (χ4n) is 2.70. The minimum Gasteiger partial charge on any atom is -0.336 e. The highest BCUT2D eigenvalue weighted by Crippen LogP contribution is 2.23. The molecular weight excluding hydrogens is 176 g/mol. The van der Waals surface area contributed by atoms with Gasteiger partial charge < -0.3 is 10.2 Å². The molecule has 14 heavy (non-hydrogen) atoms. The third-order valence-corrected chi connectivity index (χ3v) is 3.44. The summed E-state index contributed by atoms with van der Waals surface area (Å²) in [5.41, 5.74) is 0. The fraction of sp³-hybridized carbons (Fsp3) is 0.909. The van der Waals surface area contributed by atoms with Gasteiger partial charge in [0.15, 0.2) is 0 Å². The van der Waals surface area contributed by atoms with Gasteiger partial charge in [-0.2, -0.15) is 0 Å². The molecule has 2 atom stereocenters. The number of likely N-dealkylation sites (tertiary alicyclic amines) is 1. The lowest BCUT2D eigenvalue weighted by Crippen LogP contribution is -2.53. The Kier molecular flexibility index (Phi) is 3.06. The van der Waals surface area contributed by atoms with Crippen molar-refractivity contribution < 1.29 is 4.79 Å². The van der Waals surface area contributed by atoms with Crippen LogP contribution in [0.2, 0.25) is 0 Å². The summed E-state index contributed by atoms with van der Waals surface area (Å²) < 4.78 is 0. The van der Waals surface area contributed by atoms with Gasteiger partial charge in [-0.1, -0.05) is 0 Å². The van der Waals surface area contributed by atoms with E-state index in [-0.39, 0.29) is 0 Å². The third-order valence-electron chi connectivity index (χ3n) is 3.44. The maximum absolute atomic E-state index is 11.8. The summed E-state index contributed by atoms with van der Waals surface area (Å²) in [6.07, 6.45) is 5.42. The van der Waals surface area contributed by atoms with E-state index in [0.29, 0.717) is 18.0 Å². The van der Waals surface area contributed by atoms with Crippen LogP contribution >= 0.6 is 0 Å². The summed E-state index contributed by atoms with van der Waals surface area (Å²) in [6, 6.07) is 0.924. The van der Waals surface area contributed by atoms with E-state index < -0.39 is 0 Å². The molecule has 0 aromatic heterocycles. The lowest BCUT2D eigenvalue weighted by molar-refractivity contribution is -0.139. The molecule has 0 bridgehead atoms. The predicted octanol–water partition coefficient (Wildman–Crippen LogP) is 1.14. The molecule has 2 rings (SSSR count). The molecule has 0 radical (unpaired) electrons. The number of hydrogen-bond donors (Lipinski definition) is 1. The monoisotopic (exact) mass is 196 g/mol. The van der Waals surface area contributed by atoms with Crippen LogP contribution in [0.5, 0.6) is 0 Å². The Morgan fingerprint density at radius 2 is 2.21 bits per heavy atom. The molecule has 2 aliphatic heterocycles. The standard InChI is InChI=1S/C11H20N2O/c1-9-4-2-6-11(14)13(9)10-5-3-7-12-8-10/h9-10,12H,2-8H2,1H3. The normalized spacial score (nSPS) is 34.6. The number of nitrogens with zero attached hydrogens (tertiary/aromatic N) is 1. The molecule has 0 aromatic carbocycles. The van der Waals surface area contributed by atoms with Gasteiger partial charge >= 0.3 is 0 Å². The first-order chi connectivity index (χ1) is 6.79. The molecule has 2 fully saturated rings. The number of rotatable bonds is 1. The van der Waals surface area contributed by atoms with Crippen LogP contribution in [0.3, 0.4) is 0 Å². The van der Waals surface area contributed by atoms with Crippen molar-refractivity contribution in [1.82, 2.24) is 10.2 Å². The summed E-state index contributed by atoms with van der Waals surface area (Å²) >= 11 is 0. The van der Waals surface area contributed by atoms with Crippen molar-refractivity contribution in [3.63, 3.8) is 0 Å². The van der Waals surface area contributed by atoms with E-state index >= 15 is 0 Å². The first kappa shape index (κ1) is 9.97. The van der Waals surface area contributed by atoms with Crippen molar-refractivity contribution in [2.24, 2.45) is 0 Å². The second-order valence-electron chi connectivity index (χ2n) is 4.54. The Morgan fingerprint density at radius 3 is 2.86 bits per heavy atom. The molecule has 1 N–H and O–H groups in total. The maximum atomic E-state index is 11.8. The van der Waals surface area contributed by atoms with Crippen LogP contribution < -0.4 is 5.32 Å². The summed E-state index contributed by atoms with van der Waals surface area (Å²) in [5.74, 6) is 0.373. The zero-order valence-corrected chi connectivity index (χ0v) is 8.96. The molecule has 2 unspecified atom stereocenters. The first-order valence-electron chi connectivity index (χ1n) is 5.81. The van der Waals surface area contributed by atoms with Crippen molar-refractivity contribution in [3.05, 3.63) is 0 Å². The van der Waals surface area contributed by atoms with E-state index in [0.717, 1.165) is 25.9 Å². The Hall–Kier alpha value is -0.570. The fourth-order valence-corrected chi connectivity index (χ4v) is 2.70. The molecule has 2 heterocycles. The molecule has 0 aromatic rings. The van der Waals surface area contributed by atoms with Crippen molar-refractivity contribution >= 4 is 5.91 Å². The number of carbonyl (C=O) groups excluding carboxylic acids is 1. The topological polar surface area (TPSA) is 32.3 Å². The molecule has 0 aliphatic carbocycles. The Bertz CT molecular complexity index is 211. The van der Waals surface area contributed by atoms with E-state index in [1.165, 1.54) is 19.3 Å². The van der Waals surface area contributed by atoms with E-state index in [2.05, 4.69) is 17.1 Å². The molecule has 0 saturated carbocycles. The van der Waals surface area contributed by atoms with Crippen LogP contribution in [0.1, 0.15) is 39.0 Å². The van der Waals surface area contributed by atoms with Crippen LogP contribution in [0.15, 0.2) is 0 Å². The smallest absolute Gasteiger partial charge is 0.223 e. The lowest BCUT2D eigenvalue weighted by atomic mass is 9.97. The average Bonchev–Trinajstić information content (AvgIpc) is 2.19. The summed E-state index contributed by atoms with van der Waals surface area (Å²) in [4.78, 5) is 13.9. The van der Waals surface area contributed by atoms with E-state index in [1.807, 2.05) is 0 Å². The largest absolute Gasteiger partial charge is 0.336 e. The third kappa shape index (κ3) is 1.92. The van der Waals surface area contributed by atoms with Gasteiger partial charge in [0, 0.05) is 25.0 Å². The highest BCUT2D eigenvalue weighted by Gasteiger charge is 2.31. The van der Waals surface area contributed by atoms with Crippen LogP contribution in [0.4, 0.5) is 0 Å². The van der Waals surface area contributed by atoms with Crippen LogP contribution in [0.25, 0.3) is 0 Å². The van der Waals surface area contributed by atoms with Gasteiger partial charge in [0.2, 0.25) is 5.91 Å². The number of hydrogen-bond acceptors (Lipinski definition) is 2. The molecular formula is C11H20N2O. The number of piperidine rings is 2. The van der Waals surface area contributed by atoms with Crippen molar-refractivity contribution in [2.45, 2.75) is 51.1 Å². The van der Waals surface area contributed by atoms with Gasteiger partial charge in [0.25, 0.3) is 0 Å². The van der Waals surface area contributed by atoms with Gasteiger partial charge in [0.1, 0.15) is 0 Å². The SMILES string of the molecule is CC1CCCC(=O)N1C1CCCNC1. The van der Waals surface area contributed by atoms with Gasteiger partial charge in [-0.25, -0.2) is 0 Å². The second kappa shape index (κ2) is 4.30. The minimum absolute atomic E-state index is 0.373. The van der Waals surface area contributed by atoms with Gasteiger partial charge in [-0.15, -0.1) is 0 Å². The molecule has 2 aliphatic rings. The van der Waals surface area contributed by atoms with Crippen LogP contribution in [-0.2, 0) is 4.79 Å². The van der Waals surface area contributed by atoms with Gasteiger partial charge in [-0.05, 0) is 39.2 Å². The average molecular weight is 196 g/mol. The molecule has 0 spiro atoms. The van der Waals surface area contributed by atoms with Crippen LogP contribution in [-0.4, -0.2) is 36.0 Å². The Labute approximate surface area is 85.8 Å².